The molecule has 1 aromatic heterocycles. The molecule has 1 amide bonds. The number of Topliss-reactive ketones (excluding diaryl/α,β-unsaturated/α-hetero) is 1. The summed E-state index contributed by atoms with van der Waals surface area (Å²) in [7, 11) is -2.93. The molecule has 2 heterocycles. The quantitative estimate of drug-likeness (QED) is 0.664. The van der Waals surface area contributed by atoms with Crippen molar-refractivity contribution in [2.75, 3.05) is 26.3 Å². The van der Waals surface area contributed by atoms with E-state index >= 15 is 0 Å². The molecule has 0 bridgehead atoms. The van der Waals surface area contributed by atoms with E-state index in [1.807, 2.05) is 0 Å². The largest absolute Gasteiger partial charge is 0.450 e. The number of hydrogen-bond acceptors (Lipinski definition) is 6. The van der Waals surface area contributed by atoms with Crippen molar-refractivity contribution in [3.8, 4) is 0 Å². The predicted molar refractivity (Wildman–Crippen MR) is 88.7 cm³/mol. The number of likely N-dealkylation sites (tertiary alicyclic amines) is 1. The Labute approximate surface area is 150 Å². The molecule has 1 aliphatic heterocycles. The molecule has 0 radical (unpaired) electrons. The summed E-state index contributed by atoms with van der Waals surface area (Å²) in [6, 6.07) is -0.810. The fourth-order valence-electron chi connectivity index (χ4n) is 2.98. The number of sulfonamides is 1. The van der Waals surface area contributed by atoms with Gasteiger partial charge in [0, 0.05) is 51.8 Å². The fraction of sp³-hybridized carbons (Fsp3) is 0.600. The number of halogens is 1. The van der Waals surface area contributed by atoms with Gasteiger partial charge in [0.2, 0.25) is 10.0 Å². The third-order valence-corrected chi connectivity index (χ3v) is 5.70. The number of aromatic nitrogens is 1. The van der Waals surface area contributed by atoms with Crippen molar-refractivity contribution in [1.82, 2.24) is 14.2 Å². The first-order valence-corrected chi connectivity index (χ1v) is 9.51. The summed E-state index contributed by atoms with van der Waals surface area (Å²) in [4.78, 5) is 23.9. The zero-order valence-electron chi connectivity index (χ0n) is 14.7. The third kappa shape index (κ3) is 3.89. The Morgan fingerprint density at radius 3 is 2.58 bits per heavy atom. The number of nitrogens with one attached hydrogen (secondary N) is 1. The van der Waals surface area contributed by atoms with Gasteiger partial charge in [-0.25, -0.2) is 22.3 Å². The summed E-state index contributed by atoms with van der Waals surface area (Å²) < 4.78 is 47.8. The second-order valence-corrected chi connectivity index (χ2v) is 7.78. The normalized spacial score (nSPS) is 20.4. The molecule has 11 heteroatoms. The maximum Gasteiger partial charge on any atom is 0.409 e. The van der Waals surface area contributed by atoms with Gasteiger partial charge in [-0.2, -0.15) is 0 Å². The highest BCUT2D eigenvalue weighted by atomic mass is 32.2. The van der Waals surface area contributed by atoms with Crippen molar-refractivity contribution in [2.45, 2.75) is 24.8 Å². The summed E-state index contributed by atoms with van der Waals surface area (Å²) in [6.07, 6.45) is 0.401. The lowest BCUT2D eigenvalue weighted by Crippen LogP contribution is -2.42. The number of rotatable bonds is 6. The van der Waals surface area contributed by atoms with Crippen LogP contribution in [0.1, 0.15) is 24.3 Å². The molecule has 1 aromatic rings. The van der Waals surface area contributed by atoms with Gasteiger partial charge < -0.3 is 19.3 Å². The van der Waals surface area contributed by atoms with Crippen LogP contribution in [-0.4, -0.2) is 67.2 Å². The maximum absolute atomic E-state index is 14.4. The number of amides is 1. The number of carbonyl (C=O) groups excluding carboxylic acids is 2. The SMILES string of the molecule is CCOC(=O)N1C[C@@H](CO)[C@@H](NS(=O)(=O)c2cn(C)c(C(C)=O)c2F)C1. The van der Waals surface area contributed by atoms with Crippen LogP contribution in [0.25, 0.3) is 0 Å². The van der Waals surface area contributed by atoms with Gasteiger partial charge in [0.1, 0.15) is 10.6 Å². The van der Waals surface area contributed by atoms with Gasteiger partial charge in [-0.3, -0.25) is 4.79 Å². The third-order valence-electron chi connectivity index (χ3n) is 4.22. The van der Waals surface area contributed by atoms with Crippen LogP contribution >= 0.6 is 0 Å². The molecule has 0 unspecified atom stereocenters. The Balaban J connectivity index is 2.25. The van der Waals surface area contributed by atoms with Crippen LogP contribution in [0.5, 0.6) is 0 Å². The molecule has 0 aromatic carbocycles. The lowest BCUT2D eigenvalue weighted by Gasteiger charge is -2.17. The number of aryl methyl sites for hydroxylation is 1. The van der Waals surface area contributed by atoms with E-state index in [4.69, 9.17) is 4.74 Å². The van der Waals surface area contributed by atoms with E-state index in [9.17, 15) is 27.5 Å². The van der Waals surface area contributed by atoms with E-state index in [1.54, 1.807) is 6.92 Å². The Bertz CT molecular complexity index is 807. The first-order valence-electron chi connectivity index (χ1n) is 8.03. The monoisotopic (exact) mass is 391 g/mol. The first kappa shape index (κ1) is 20.3. The van der Waals surface area contributed by atoms with Crippen molar-refractivity contribution < 1.29 is 32.2 Å². The van der Waals surface area contributed by atoms with Crippen molar-refractivity contribution in [1.29, 1.82) is 0 Å². The number of aliphatic hydroxyl groups is 1. The predicted octanol–water partition coefficient (Wildman–Crippen LogP) is 0.0943. The number of ketones is 1. The van der Waals surface area contributed by atoms with Crippen LogP contribution in [-0.2, 0) is 21.8 Å². The molecule has 1 fully saturated rings. The summed E-state index contributed by atoms with van der Waals surface area (Å²) in [5, 5.41) is 9.47. The van der Waals surface area contributed by atoms with Crippen LogP contribution in [0.3, 0.4) is 0 Å². The second-order valence-electron chi connectivity index (χ2n) is 6.10. The minimum absolute atomic E-state index is 0.0166. The number of nitrogens with zero attached hydrogens (tertiary/aromatic N) is 2. The molecule has 0 saturated carbocycles. The fourth-order valence-corrected chi connectivity index (χ4v) is 4.40. The minimum Gasteiger partial charge on any atom is -0.450 e. The summed E-state index contributed by atoms with van der Waals surface area (Å²) >= 11 is 0. The average molecular weight is 391 g/mol. The Morgan fingerprint density at radius 1 is 1.42 bits per heavy atom. The molecule has 2 rings (SSSR count). The second kappa shape index (κ2) is 7.72. The van der Waals surface area contributed by atoms with Gasteiger partial charge >= 0.3 is 6.09 Å². The van der Waals surface area contributed by atoms with E-state index in [2.05, 4.69) is 4.72 Å². The first-order chi connectivity index (χ1) is 12.1. The van der Waals surface area contributed by atoms with Crippen molar-refractivity contribution >= 4 is 21.9 Å². The van der Waals surface area contributed by atoms with Crippen molar-refractivity contribution in [3.63, 3.8) is 0 Å². The van der Waals surface area contributed by atoms with Crippen LogP contribution in [0.4, 0.5) is 9.18 Å². The van der Waals surface area contributed by atoms with E-state index in [0.29, 0.717) is 0 Å². The lowest BCUT2D eigenvalue weighted by molar-refractivity contribution is 0.100. The number of aliphatic hydroxyl groups excluding tert-OH is 1. The highest BCUT2D eigenvalue weighted by Crippen LogP contribution is 2.24. The Morgan fingerprint density at radius 2 is 2.08 bits per heavy atom. The van der Waals surface area contributed by atoms with Gasteiger partial charge in [0.15, 0.2) is 11.6 Å². The molecule has 26 heavy (non-hydrogen) atoms. The number of ether oxygens (including phenoxy) is 1. The molecular weight excluding hydrogens is 369 g/mol. The minimum atomic E-state index is -4.30. The van der Waals surface area contributed by atoms with Crippen molar-refractivity contribution in [3.05, 3.63) is 17.7 Å². The summed E-state index contributed by atoms with van der Waals surface area (Å²) in [6.45, 7) is 2.67. The van der Waals surface area contributed by atoms with E-state index < -0.39 is 44.6 Å². The molecule has 1 saturated heterocycles. The van der Waals surface area contributed by atoms with E-state index in [1.165, 1.54) is 11.9 Å². The summed E-state index contributed by atoms with van der Waals surface area (Å²) in [5.74, 6) is -2.30. The standard InChI is InChI=1S/C15H22FN3O6S/c1-4-25-15(22)19-5-10(8-20)11(6-19)17-26(23,24)12-7-18(3)14(9(2)21)13(12)16/h7,10-11,17,20H,4-6,8H2,1-3H3/t10-,11-/m0/s1. The maximum atomic E-state index is 14.4. The molecule has 9 nitrogen and oxygen atoms in total. The van der Waals surface area contributed by atoms with Crippen LogP contribution in [0.15, 0.2) is 11.1 Å². The van der Waals surface area contributed by atoms with Gasteiger partial charge in [-0.05, 0) is 6.92 Å². The van der Waals surface area contributed by atoms with Crippen LogP contribution in [0.2, 0.25) is 0 Å². The zero-order chi connectivity index (χ0) is 19.6. The van der Waals surface area contributed by atoms with E-state index in [-0.39, 0.29) is 32.0 Å². The molecule has 1 aliphatic rings. The van der Waals surface area contributed by atoms with Gasteiger partial charge in [-0.1, -0.05) is 0 Å². The topological polar surface area (TPSA) is 118 Å². The molecule has 0 spiro atoms. The molecule has 2 atom stereocenters. The highest BCUT2D eigenvalue weighted by Gasteiger charge is 2.39. The van der Waals surface area contributed by atoms with Crippen LogP contribution in [0, 0.1) is 11.7 Å². The lowest BCUT2D eigenvalue weighted by atomic mass is 10.1. The van der Waals surface area contributed by atoms with E-state index in [0.717, 1.165) is 17.7 Å². The molecule has 0 aliphatic carbocycles. The van der Waals surface area contributed by atoms with Gasteiger partial charge in [0.05, 0.1) is 6.61 Å². The van der Waals surface area contributed by atoms with Crippen molar-refractivity contribution in [2.24, 2.45) is 13.0 Å². The van der Waals surface area contributed by atoms with Gasteiger partial charge in [-0.15, -0.1) is 0 Å². The number of hydrogen-bond donors (Lipinski definition) is 2. The summed E-state index contributed by atoms with van der Waals surface area (Å²) in [5.41, 5.74) is -0.344. The Kier molecular flexibility index (Phi) is 6.04. The average Bonchev–Trinajstić information content (AvgIpc) is 3.08. The van der Waals surface area contributed by atoms with Crippen LogP contribution < -0.4 is 4.72 Å². The molecular formula is C15H22FN3O6S. The molecule has 2 N–H and O–H groups in total. The molecule has 146 valence electrons. The zero-order valence-corrected chi connectivity index (χ0v) is 15.5. The number of carbonyl (C=O) groups is 2. The highest BCUT2D eigenvalue weighted by molar-refractivity contribution is 7.89. The smallest absolute Gasteiger partial charge is 0.409 e. The van der Waals surface area contributed by atoms with Gasteiger partial charge in [0.25, 0.3) is 0 Å². The Hall–Kier alpha value is -1.98.